The van der Waals surface area contributed by atoms with E-state index in [0.29, 0.717) is 27.0 Å². The number of rotatable bonds is 4. The number of anilines is 2. The van der Waals surface area contributed by atoms with E-state index in [1.807, 2.05) is 0 Å². The summed E-state index contributed by atoms with van der Waals surface area (Å²) in [4.78, 5) is 12.0. The van der Waals surface area contributed by atoms with Crippen molar-refractivity contribution in [3.8, 4) is 0 Å². The number of carbonyl (C=O) groups is 1. The number of hydrogen-bond donors (Lipinski definition) is 2. The maximum absolute atomic E-state index is 13.8. The first-order valence-corrected chi connectivity index (χ1v) is 8.06. The van der Waals surface area contributed by atoms with Crippen LogP contribution < -0.4 is 10.6 Å². The van der Waals surface area contributed by atoms with Crippen molar-refractivity contribution in [3.05, 3.63) is 76.3 Å². The standard InChI is InChI=1S/C17H13Cl2FN4O/c18-11-3-1-4-12(7-11)22-17(25)23-13-8-21-24(9-13)10-14-15(19)5-2-6-16(14)20/h1-9H,10H2,(H2,22,23,25). The summed E-state index contributed by atoms with van der Waals surface area (Å²) in [7, 11) is 0. The van der Waals surface area contributed by atoms with Gasteiger partial charge in [0.2, 0.25) is 0 Å². The molecule has 0 radical (unpaired) electrons. The number of benzene rings is 2. The Labute approximate surface area is 153 Å². The van der Waals surface area contributed by atoms with Crippen molar-refractivity contribution in [2.75, 3.05) is 10.6 Å². The number of urea groups is 1. The highest BCUT2D eigenvalue weighted by Gasteiger charge is 2.10. The molecule has 0 fully saturated rings. The number of aromatic nitrogens is 2. The van der Waals surface area contributed by atoms with Crippen molar-refractivity contribution in [3.63, 3.8) is 0 Å². The molecule has 1 aromatic heterocycles. The number of halogens is 3. The van der Waals surface area contributed by atoms with E-state index in [-0.39, 0.29) is 6.54 Å². The average molecular weight is 379 g/mol. The second-order valence-corrected chi connectivity index (χ2v) is 6.06. The monoisotopic (exact) mass is 378 g/mol. The topological polar surface area (TPSA) is 59.0 Å². The Bertz CT molecular complexity index is 893. The fourth-order valence-electron chi connectivity index (χ4n) is 2.22. The van der Waals surface area contributed by atoms with E-state index in [2.05, 4.69) is 15.7 Å². The fourth-order valence-corrected chi connectivity index (χ4v) is 2.63. The van der Waals surface area contributed by atoms with Gasteiger partial charge in [0.15, 0.2) is 0 Å². The highest BCUT2D eigenvalue weighted by Crippen LogP contribution is 2.20. The molecule has 0 saturated heterocycles. The molecule has 0 unspecified atom stereocenters. The number of amides is 2. The van der Waals surface area contributed by atoms with Crippen LogP contribution in [0.1, 0.15) is 5.56 Å². The molecule has 0 aliphatic carbocycles. The van der Waals surface area contributed by atoms with Gasteiger partial charge in [-0.2, -0.15) is 5.10 Å². The summed E-state index contributed by atoms with van der Waals surface area (Å²) in [6, 6.07) is 10.8. The molecule has 25 heavy (non-hydrogen) atoms. The smallest absolute Gasteiger partial charge is 0.308 e. The number of hydrogen-bond acceptors (Lipinski definition) is 2. The van der Waals surface area contributed by atoms with Gasteiger partial charge in [-0.1, -0.05) is 35.3 Å². The van der Waals surface area contributed by atoms with E-state index in [1.54, 1.807) is 36.5 Å². The van der Waals surface area contributed by atoms with Crippen LogP contribution in [0.25, 0.3) is 0 Å². The highest BCUT2D eigenvalue weighted by atomic mass is 35.5. The van der Waals surface area contributed by atoms with E-state index in [9.17, 15) is 9.18 Å². The minimum absolute atomic E-state index is 0.156. The summed E-state index contributed by atoms with van der Waals surface area (Å²) >= 11 is 11.9. The summed E-state index contributed by atoms with van der Waals surface area (Å²) in [5.41, 5.74) is 1.37. The van der Waals surface area contributed by atoms with Gasteiger partial charge < -0.3 is 10.6 Å². The first kappa shape index (κ1) is 17.3. The molecule has 3 aromatic rings. The first-order valence-electron chi connectivity index (χ1n) is 7.30. The van der Waals surface area contributed by atoms with E-state index in [4.69, 9.17) is 23.2 Å². The third-order valence-corrected chi connectivity index (χ3v) is 3.94. The third kappa shape index (κ3) is 4.49. The first-order chi connectivity index (χ1) is 12.0. The van der Waals surface area contributed by atoms with Crippen molar-refractivity contribution in [2.24, 2.45) is 0 Å². The Morgan fingerprint density at radius 2 is 1.88 bits per heavy atom. The van der Waals surface area contributed by atoms with Gasteiger partial charge in [-0.05, 0) is 30.3 Å². The van der Waals surface area contributed by atoms with Crippen molar-refractivity contribution < 1.29 is 9.18 Å². The summed E-state index contributed by atoms with van der Waals surface area (Å²) < 4.78 is 15.3. The third-order valence-electron chi connectivity index (χ3n) is 3.36. The lowest BCUT2D eigenvalue weighted by atomic mass is 10.2. The largest absolute Gasteiger partial charge is 0.323 e. The molecule has 1 heterocycles. The Morgan fingerprint density at radius 1 is 1.12 bits per heavy atom. The second-order valence-electron chi connectivity index (χ2n) is 5.22. The van der Waals surface area contributed by atoms with Crippen LogP contribution in [0.5, 0.6) is 0 Å². The lowest BCUT2D eigenvalue weighted by molar-refractivity contribution is 0.262. The molecule has 0 atom stereocenters. The lowest BCUT2D eigenvalue weighted by Crippen LogP contribution is -2.19. The molecule has 5 nitrogen and oxygen atoms in total. The highest BCUT2D eigenvalue weighted by molar-refractivity contribution is 6.31. The van der Waals surface area contributed by atoms with Crippen LogP contribution in [0.2, 0.25) is 10.0 Å². The minimum Gasteiger partial charge on any atom is -0.308 e. The van der Waals surface area contributed by atoms with Gasteiger partial charge >= 0.3 is 6.03 Å². The molecule has 0 bridgehead atoms. The SMILES string of the molecule is O=C(Nc1cccc(Cl)c1)Nc1cnn(Cc2c(F)cccc2Cl)c1. The maximum atomic E-state index is 13.8. The summed E-state index contributed by atoms with van der Waals surface area (Å²) in [5, 5.41) is 10.2. The zero-order chi connectivity index (χ0) is 17.8. The van der Waals surface area contributed by atoms with Crippen LogP contribution in [0, 0.1) is 5.82 Å². The second kappa shape index (κ2) is 7.55. The molecule has 0 aliphatic rings. The molecule has 128 valence electrons. The normalized spacial score (nSPS) is 10.5. The van der Waals surface area contributed by atoms with E-state index < -0.39 is 11.8 Å². The van der Waals surface area contributed by atoms with Crippen molar-refractivity contribution >= 4 is 40.6 Å². The molecule has 8 heteroatoms. The number of nitrogens with zero attached hydrogens (tertiary/aromatic N) is 2. The molecule has 2 amide bonds. The van der Waals surface area contributed by atoms with Crippen LogP contribution in [0.15, 0.2) is 54.9 Å². The molecule has 0 spiro atoms. The van der Waals surface area contributed by atoms with Gasteiger partial charge in [0.05, 0.1) is 18.4 Å². The van der Waals surface area contributed by atoms with Crippen molar-refractivity contribution in [1.82, 2.24) is 9.78 Å². The van der Waals surface area contributed by atoms with Gasteiger partial charge in [0, 0.05) is 27.5 Å². The molecule has 2 N–H and O–H groups in total. The number of nitrogens with one attached hydrogen (secondary N) is 2. The van der Waals surface area contributed by atoms with Crippen LogP contribution >= 0.6 is 23.2 Å². The maximum Gasteiger partial charge on any atom is 0.323 e. The van der Waals surface area contributed by atoms with Gasteiger partial charge in [-0.3, -0.25) is 4.68 Å². The Morgan fingerprint density at radius 3 is 2.64 bits per heavy atom. The lowest BCUT2D eigenvalue weighted by Gasteiger charge is -2.07. The molecule has 0 aliphatic heterocycles. The summed E-state index contributed by atoms with van der Waals surface area (Å²) in [6.45, 7) is 0.156. The van der Waals surface area contributed by atoms with Crippen molar-refractivity contribution in [2.45, 2.75) is 6.54 Å². The molecular weight excluding hydrogens is 366 g/mol. The predicted octanol–water partition coefficient (Wildman–Crippen LogP) is 5.02. The van der Waals surface area contributed by atoms with E-state index >= 15 is 0 Å². The van der Waals surface area contributed by atoms with Crippen molar-refractivity contribution in [1.29, 1.82) is 0 Å². The summed E-state index contributed by atoms with van der Waals surface area (Å²) in [5.74, 6) is -0.406. The molecular formula is C17H13Cl2FN4O. The van der Waals surface area contributed by atoms with Gasteiger partial charge in [-0.15, -0.1) is 0 Å². The van der Waals surface area contributed by atoms with Crippen LogP contribution in [-0.2, 0) is 6.54 Å². The minimum atomic E-state index is -0.439. The van der Waals surface area contributed by atoms with Gasteiger partial charge in [0.25, 0.3) is 0 Å². The van der Waals surface area contributed by atoms with Crippen LogP contribution in [0.4, 0.5) is 20.6 Å². The quantitative estimate of drug-likeness (QED) is 0.669. The fraction of sp³-hybridized carbons (Fsp3) is 0.0588. The van der Waals surface area contributed by atoms with E-state index in [1.165, 1.54) is 23.0 Å². The zero-order valence-corrected chi connectivity index (χ0v) is 14.4. The Kier molecular flexibility index (Phi) is 5.21. The average Bonchev–Trinajstić information content (AvgIpc) is 2.98. The Hall–Kier alpha value is -2.57. The van der Waals surface area contributed by atoms with Crippen LogP contribution in [-0.4, -0.2) is 15.8 Å². The summed E-state index contributed by atoms with van der Waals surface area (Å²) in [6.07, 6.45) is 3.05. The Balaban J connectivity index is 1.64. The molecule has 2 aromatic carbocycles. The molecule has 3 rings (SSSR count). The molecule has 0 saturated carbocycles. The van der Waals surface area contributed by atoms with E-state index in [0.717, 1.165) is 0 Å². The van der Waals surface area contributed by atoms with Crippen LogP contribution in [0.3, 0.4) is 0 Å². The van der Waals surface area contributed by atoms with Gasteiger partial charge in [-0.25, -0.2) is 9.18 Å². The number of carbonyl (C=O) groups excluding carboxylic acids is 1. The van der Waals surface area contributed by atoms with Gasteiger partial charge in [0.1, 0.15) is 5.82 Å². The zero-order valence-electron chi connectivity index (χ0n) is 12.8. The predicted molar refractivity (Wildman–Crippen MR) is 96.8 cm³/mol.